The van der Waals surface area contributed by atoms with Gasteiger partial charge in [-0.15, -0.1) is 0 Å². The van der Waals surface area contributed by atoms with Crippen LogP contribution in [-0.4, -0.2) is 20.0 Å². The molecule has 0 radical (unpaired) electrons. The maximum absolute atomic E-state index is 13.2. The van der Waals surface area contributed by atoms with Crippen LogP contribution < -0.4 is 4.72 Å². The van der Waals surface area contributed by atoms with Crippen molar-refractivity contribution in [2.24, 2.45) is 5.92 Å². The van der Waals surface area contributed by atoms with Gasteiger partial charge in [-0.05, 0) is 55.2 Å². The highest BCUT2D eigenvalue weighted by molar-refractivity contribution is 7.92. The molecule has 1 N–H and O–H groups in total. The molecule has 0 saturated heterocycles. The molecule has 0 saturated carbocycles. The average molecular weight is 472 g/mol. The first-order chi connectivity index (χ1) is 16.3. The van der Waals surface area contributed by atoms with Crippen LogP contribution in [0.5, 0.6) is 0 Å². The number of benzene rings is 3. The molecule has 1 aromatic heterocycles. The van der Waals surface area contributed by atoms with Gasteiger partial charge < -0.3 is 4.42 Å². The van der Waals surface area contributed by atoms with E-state index in [1.165, 1.54) is 18.2 Å². The number of aryl methyl sites for hydroxylation is 1. The summed E-state index contributed by atoms with van der Waals surface area (Å²) >= 11 is 0. The SMILES string of the molecule is C[C@@H]1CCc2oc3ccc(NS(=O)(=O)c4ccc5c(c4)C(=O)c4ccccc4C5=O)cc3c2C1. The van der Waals surface area contributed by atoms with Crippen molar-refractivity contribution < 1.29 is 22.4 Å². The quantitative estimate of drug-likeness (QED) is 0.394. The number of sulfonamides is 1. The third kappa shape index (κ3) is 3.19. The largest absolute Gasteiger partial charge is 0.461 e. The summed E-state index contributed by atoms with van der Waals surface area (Å²) < 4.78 is 35.0. The third-order valence-electron chi connectivity index (χ3n) is 6.75. The molecule has 0 bridgehead atoms. The Morgan fingerprint density at radius 3 is 2.35 bits per heavy atom. The smallest absolute Gasteiger partial charge is 0.261 e. The second-order valence-corrected chi connectivity index (χ2v) is 10.8. The van der Waals surface area contributed by atoms with Crippen molar-refractivity contribution in [3.8, 4) is 0 Å². The van der Waals surface area contributed by atoms with Crippen LogP contribution >= 0.6 is 0 Å². The highest BCUT2D eigenvalue weighted by atomic mass is 32.2. The van der Waals surface area contributed by atoms with E-state index in [4.69, 9.17) is 4.42 Å². The predicted molar refractivity (Wildman–Crippen MR) is 128 cm³/mol. The molecule has 1 heterocycles. The fourth-order valence-corrected chi connectivity index (χ4v) is 6.05. The van der Waals surface area contributed by atoms with Crippen molar-refractivity contribution in [2.45, 2.75) is 31.1 Å². The number of nitrogens with one attached hydrogen (secondary N) is 1. The van der Waals surface area contributed by atoms with Crippen LogP contribution in [0, 0.1) is 5.92 Å². The van der Waals surface area contributed by atoms with Crippen molar-refractivity contribution in [2.75, 3.05) is 4.72 Å². The summed E-state index contributed by atoms with van der Waals surface area (Å²) in [5.41, 5.74) is 3.24. The number of rotatable bonds is 3. The normalized spacial score (nSPS) is 17.3. The van der Waals surface area contributed by atoms with E-state index in [0.29, 0.717) is 17.2 Å². The Morgan fingerprint density at radius 1 is 0.882 bits per heavy atom. The molecule has 4 aromatic rings. The lowest BCUT2D eigenvalue weighted by molar-refractivity contribution is 0.0979. The minimum atomic E-state index is -3.99. The molecule has 2 aliphatic rings. The Labute approximate surface area is 196 Å². The Kier molecular flexibility index (Phi) is 4.54. The van der Waals surface area contributed by atoms with E-state index in [9.17, 15) is 18.0 Å². The van der Waals surface area contributed by atoms with E-state index in [1.54, 1.807) is 42.5 Å². The Hall–Kier alpha value is -3.71. The monoisotopic (exact) mass is 471 g/mol. The average Bonchev–Trinajstić information content (AvgIpc) is 3.19. The van der Waals surface area contributed by atoms with Gasteiger partial charge in [-0.1, -0.05) is 31.2 Å². The Bertz CT molecular complexity index is 1630. The molecule has 0 unspecified atom stereocenters. The van der Waals surface area contributed by atoms with Gasteiger partial charge in [0.2, 0.25) is 0 Å². The maximum Gasteiger partial charge on any atom is 0.261 e. The molecular weight excluding hydrogens is 450 g/mol. The summed E-state index contributed by atoms with van der Waals surface area (Å²) in [6.07, 6.45) is 2.87. The zero-order valence-corrected chi connectivity index (χ0v) is 19.2. The maximum atomic E-state index is 13.2. The van der Waals surface area contributed by atoms with Crippen LogP contribution in [0.25, 0.3) is 11.0 Å². The number of furan rings is 1. The van der Waals surface area contributed by atoms with E-state index in [1.807, 2.05) is 0 Å². The summed E-state index contributed by atoms with van der Waals surface area (Å²) in [6, 6.07) is 15.9. The molecule has 0 aliphatic heterocycles. The first kappa shape index (κ1) is 20.9. The number of ketones is 2. The molecule has 1 atom stereocenters. The van der Waals surface area contributed by atoms with E-state index in [-0.39, 0.29) is 33.2 Å². The molecule has 2 aliphatic carbocycles. The molecule has 7 heteroatoms. The lowest BCUT2D eigenvalue weighted by Crippen LogP contribution is -2.22. The molecular formula is C27H21NO5S. The molecule has 3 aromatic carbocycles. The second kappa shape index (κ2) is 7.40. The summed E-state index contributed by atoms with van der Waals surface area (Å²) in [6.45, 7) is 2.20. The first-order valence-electron chi connectivity index (χ1n) is 11.2. The van der Waals surface area contributed by atoms with Crippen molar-refractivity contribution >= 4 is 38.2 Å². The van der Waals surface area contributed by atoms with Gasteiger partial charge in [0.1, 0.15) is 11.3 Å². The summed E-state index contributed by atoms with van der Waals surface area (Å²) in [5, 5.41) is 0.921. The Balaban J connectivity index is 1.36. The summed E-state index contributed by atoms with van der Waals surface area (Å²) in [4.78, 5) is 25.7. The van der Waals surface area contributed by atoms with Gasteiger partial charge in [0.25, 0.3) is 10.0 Å². The van der Waals surface area contributed by atoms with Crippen LogP contribution in [0.4, 0.5) is 5.69 Å². The number of fused-ring (bicyclic) bond motifs is 5. The fraction of sp³-hybridized carbons (Fsp3) is 0.185. The van der Waals surface area contributed by atoms with E-state index in [2.05, 4.69) is 11.6 Å². The molecule has 6 nitrogen and oxygen atoms in total. The molecule has 170 valence electrons. The van der Waals surface area contributed by atoms with Crippen molar-refractivity contribution in [1.82, 2.24) is 0 Å². The van der Waals surface area contributed by atoms with E-state index >= 15 is 0 Å². The molecule has 0 amide bonds. The highest BCUT2D eigenvalue weighted by Crippen LogP contribution is 2.36. The second-order valence-electron chi connectivity index (χ2n) is 9.08. The topological polar surface area (TPSA) is 93.4 Å². The van der Waals surface area contributed by atoms with Crippen molar-refractivity contribution in [3.63, 3.8) is 0 Å². The number of hydrogen-bond donors (Lipinski definition) is 1. The van der Waals surface area contributed by atoms with Gasteiger partial charge in [0.05, 0.1) is 4.90 Å². The van der Waals surface area contributed by atoms with Crippen LogP contribution in [0.15, 0.2) is 70.0 Å². The van der Waals surface area contributed by atoms with Crippen LogP contribution in [0.3, 0.4) is 0 Å². The summed E-state index contributed by atoms with van der Waals surface area (Å²) in [5.74, 6) is 0.884. The fourth-order valence-electron chi connectivity index (χ4n) is 4.98. The van der Waals surface area contributed by atoms with Gasteiger partial charge in [0, 0.05) is 45.3 Å². The number of carbonyl (C=O) groups is 2. The molecule has 0 spiro atoms. The first-order valence-corrected chi connectivity index (χ1v) is 12.7. The highest BCUT2D eigenvalue weighted by Gasteiger charge is 2.31. The number of anilines is 1. The standard InChI is InChI=1S/C27H21NO5S/c1-15-6-10-24-21(12-15)22-13-16(7-11-25(22)33-24)28-34(31,32)17-8-9-20-23(14-17)27(30)19-5-3-2-4-18(19)26(20)29/h2-5,7-9,11,13-15,28H,6,10,12H2,1H3/t15-/m1/s1. The van der Waals surface area contributed by atoms with Gasteiger partial charge in [-0.2, -0.15) is 0 Å². The van der Waals surface area contributed by atoms with Crippen molar-refractivity contribution in [1.29, 1.82) is 0 Å². The lowest BCUT2D eigenvalue weighted by Gasteiger charge is -2.18. The van der Waals surface area contributed by atoms with Crippen LogP contribution in [-0.2, 0) is 22.9 Å². The van der Waals surface area contributed by atoms with E-state index < -0.39 is 10.0 Å². The zero-order valence-electron chi connectivity index (χ0n) is 18.4. The molecule has 6 rings (SSSR count). The lowest BCUT2D eigenvalue weighted by atomic mass is 9.84. The van der Waals surface area contributed by atoms with Crippen LogP contribution in [0.2, 0.25) is 0 Å². The third-order valence-corrected chi connectivity index (χ3v) is 8.13. The molecule has 0 fully saturated rings. The number of carbonyl (C=O) groups excluding carboxylic acids is 2. The van der Waals surface area contributed by atoms with Crippen molar-refractivity contribution in [3.05, 3.63) is 94.2 Å². The minimum Gasteiger partial charge on any atom is -0.461 e. The van der Waals surface area contributed by atoms with Gasteiger partial charge >= 0.3 is 0 Å². The van der Waals surface area contributed by atoms with E-state index in [0.717, 1.165) is 41.6 Å². The zero-order chi connectivity index (χ0) is 23.6. The minimum absolute atomic E-state index is 0.0743. The molecule has 34 heavy (non-hydrogen) atoms. The summed E-state index contributed by atoms with van der Waals surface area (Å²) in [7, 11) is -3.99. The van der Waals surface area contributed by atoms with Gasteiger partial charge in [-0.3, -0.25) is 14.3 Å². The Morgan fingerprint density at radius 2 is 1.59 bits per heavy atom. The van der Waals surface area contributed by atoms with Gasteiger partial charge in [0.15, 0.2) is 11.6 Å². The predicted octanol–water partition coefficient (Wildman–Crippen LogP) is 5.13. The number of hydrogen-bond acceptors (Lipinski definition) is 5. The van der Waals surface area contributed by atoms with Crippen LogP contribution in [0.1, 0.15) is 56.5 Å². The van der Waals surface area contributed by atoms with Gasteiger partial charge in [-0.25, -0.2) is 8.42 Å².